The second kappa shape index (κ2) is 7.06. The van der Waals surface area contributed by atoms with Crippen LogP contribution in [0.4, 0.5) is 0 Å². The lowest BCUT2D eigenvalue weighted by molar-refractivity contribution is 0.119. The lowest BCUT2D eigenvalue weighted by Gasteiger charge is -2.20. The van der Waals surface area contributed by atoms with E-state index in [1.165, 1.54) is 18.5 Å². The van der Waals surface area contributed by atoms with Gasteiger partial charge in [0.15, 0.2) is 0 Å². The topological polar surface area (TPSA) is 53.1 Å². The highest BCUT2D eigenvalue weighted by molar-refractivity contribution is 5.08. The number of imidazole rings is 1. The predicted molar refractivity (Wildman–Crippen MR) is 77.0 cm³/mol. The Labute approximate surface area is 116 Å². The van der Waals surface area contributed by atoms with Crippen molar-refractivity contribution in [2.24, 2.45) is 17.6 Å². The quantitative estimate of drug-likeness (QED) is 0.698. The van der Waals surface area contributed by atoms with Gasteiger partial charge in [0.25, 0.3) is 0 Å². The Morgan fingerprint density at radius 3 is 2.89 bits per heavy atom. The Morgan fingerprint density at radius 2 is 2.26 bits per heavy atom. The summed E-state index contributed by atoms with van der Waals surface area (Å²) in [6, 6.07) is 0. The lowest BCUT2D eigenvalue weighted by atomic mass is 9.93. The predicted octanol–water partition coefficient (Wildman–Crippen LogP) is 2.40. The van der Waals surface area contributed by atoms with Gasteiger partial charge in [0.2, 0.25) is 0 Å². The molecule has 1 fully saturated rings. The fraction of sp³-hybridized carbons (Fsp3) is 0.800. The zero-order valence-electron chi connectivity index (χ0n) is 12.2. The SMILES string of the molecule is CC(C)C(CN)c1cncn1CCCOCC1CC1. The average Bonchev–Trinajstić information content (AvgIpc) is 3.09. The molecular weight excluding hydrogens is 238 g/mol. The van der Waals surface area contributed by atoms with E-state index in [0.717, 1.165) is 32.1 Å². The molecule has 1 atom stereocenters. The zero-order valence-corrected chi connectivity index (χ0v) is 12.2. The normalized spacial score (nSPS) is 17.1. The van der Waals surface area contributed by atoms with E-state index in [-0.39, 0.29) is 0 Å². The fourth-order valence-electron chi connectivity index (χ4n) is 2.43. The van der Waals surface area contributed by atoms with Gasteiger partial charge < -0.3 is 15.0 Å². The van der Waals surface area contributed by atoms with Crippen molar-refractivity contribution in [3.8, 4) is 0 Å². The molecule has 1 aromatic rings. The smallest absolute Gasteiger partial charge is 0.0948 e. The summed E-state index contributed by atoms with van der Waals surface area (Å²) >= 11 is 0. The van der Waals surface area contributed by atoms with Crippen molar-refractivity contribution in [2.75, 3.05) is 19.8 Å². The van der Waals surface area contributed by atoms with E-state index in [2.05, 4.69) is 23.4 Å². The van der Waals surface area contributed by atoms with Crippen molar-refractivity contribution in [1.82, 2.24) is 9.55 Å². The van der Waals surface area contributed by atoms with Crippen molar-refractivity contribution >= 4 is 0 Å². The van der Waals surface area contributed by atoms with Gasteiger partial charge in [-0.15, -0.1) is 0 Å². The minimum absolute atomic E-state index is 0.398. The van der Waals surface area contributed by atoms with Gasteiger partial charge in [-0.2, -0.15) is 0 Å². The van der Waals surface area contributed by atoms with Gasteiger partial charge in [0.1, 0.15) is 0 Å². The van der Waals surface area contributed by atoms with Crippen molar-refractivity contribution in [3.05, 3.63) is 18.2 Å². The van der Waals surface area contributed by atoms with Gasteiger partial charge >= 0.3 is 0 Å². The van der Waals surface area contributed by atoms with Crippen LogP contribution in [0.2, 0.25) is 0 Å². The van der Waals surface area contributed by atoms with E-state index in [0.29, 0.717) is 18.4 Å². The highest BCUT2D eigenvalue weighted by Gasteiger charge is 2.21. The monoisotopic (exact) mass is 265 g/mol. The molecule has 0 radical (unpaired) electrons. The highest BCUT2D eigenvalue weighted by Crippen LogP contribution is 2.28. The number of aryl methyl sites for hydroxylation is 1. The third-order valence-electron chi connectivity index (χ3n) is 3.92. The van der Waals surface area contributed by atoms with Crippen molar-refractivity contribution in [2.45, 2.75) is 45.6 Å². The minimum Gasteiger partial charge on any atom is -0.381 e. The number of nitrogens with zero attached hydrogens (tertiary/aromatic N) is 2. The first-order chi connectivity index (χ1) is 9.22. The first kappa shape index (κ1) is 14.5. The number of hydrogen-bond donors (Lipinski definition) is 1. The maximum absolute atomic E-state index is 5.88. The molecular formula is C15H27N3O. The van der Waals surface area contributed by atoms with Crippen LogP contribution in [0.3, 0.4) is 0 Å². The number of ether oxygens (including phenoxy) is 1. The maximum Gasteiger partial charge on any atom is 0.0948 e. The van der Waals surface area contributed by atoms with E-state index < -0.39 is 0 Å². The molecule has 0 amide bonds. The van der Waals surface area contributed by atoms with E-state index in [9.17, 15) is 0 Å². The fourth-order valence-corrected chi connectivity index (χ4v) is 2.43. The molecule has 0 bridgehead atoms. The third-order valence-corrected chi connectivity index (χ3v) is 3.92. The van der Waals surface area contributed by atoms with Crippen molar-refractivity contribution < 1.29 is 4.74 Å². The molecule has 0 aliphatic heterocycles. The summed E-state index contributed by atoms with van der Waals surface area (Å²) in [5, 5.41) is 0. The largest absolute Gasteiger partial charge is 0.381 e. The summed E-state index contributed by atoms with van der Waals surface area (Å²) in [5.41, 5.74) is 7.15. The van der Waals surface area contributed by atoms with Crippen LogP contribution in [0.5, 0.6) is 0 Å². The Morgan fingerprint density at radius 1 is 1.47 bits per heavy atom. The van der Waals surface area contributed by atoms with Crippen LogP contribution in [0, 0.1) is 11.8 Å². The zero-order chi connectivity index (χ0) is 13.7. The van der Waals surface area contributed by atoms with Crippen LogP contribution in [0.25, 0.3) is 0 Å². The molecule has 2 N–H and O–H groups in total. The number of nitrogens with two attached hydrogens (primary N) is 1. The second-order valence-corrected chi connectivity index (χ2v) is 5.97. The third kappa shape index (κ3) is 4.32. The molecule has 0 saturated heterocycles. The van der Waals surface area contributed by atoms with Crippen molar-refractivity contribution in [3.63, 3.8) is 0 Å². The Balaban J connectivity index is 1.77. The van der Waals surface area contributed by atoms with Gasteiger partial charge in [-0.05, 0) is 31.1 Å². The molecule has 1 aliphatic rings. The van der Waals surface area contributed by atoms with Crippen LogP contribution in [-0.2, 0) is 11.3 Å². The molecule has 4 nitrogen and oxygen atoms in total. The van der Waals surface area contributed by atoms with Gasteiger partial charge in [-0.3, -0.25) is 0 Å². The molecule has 1 heterocycles. The van der Waals surface area contributed by atoms with E-state index in [1.807, 2.05) is 12.5 Å². The molecule has 4 heteroatoms. The molecule has 19 heavy (non-hydrogen) atoms. The number of hydrogen-bond acceptors (Lipinski definition) is 3. The summed E-state index contributed by atoms with van der Waals surface area (Å²) in [6.07, 6.45) is 7.64. The van der Waals surface area contributed by atoms with Crippen LogP contribution in [0.1, 0.15) is 44.7 Å². The van der Waals surface area contributed by atoms with Crippen LogP contribution in [-0.4, -0.2) is 29.3 Å². The second-order valence-electron chi connectivity index (χ2n) is 5.97. The summed E-state index contributed by atoms with van der Waals surface area (Å²) in [7, 11) is 0. The minimum atomic E-state index is 0.398. The standard InChI is InChI=1S/C15H27N3O/c1-12(2)14(8-16)15-9-17-11-18(15)6-3-7-19-10-13-4-5-13/h9,11-14H,3-8,10,16H2,1-2H3. The molecule has 1 unspecified atom stereocenters. The molecule has 0 spiro atoms. The highest BCUT2D eigenvalue weighted by atomic mass is 16.5. The number of rotatable bonds is 9. The van der Waals surface area contributed by atoms with Gasteiger partial charge in [-0.25, -0.2) is 4.98 Å². The van der Waals surface area contributed by atoms with Gasteiger partial charge in [-0.1, -0.05) is 13.8 Å². The Kier molecular flexibility index (Phi) is 5.40. The average molecular weight is 265 g/mol. The van der Waals surface area contributed by atoms with E-state index >= 15 is 0 Å². The summed E-state index contributed by atoms with van der Waals surface area (Å²) in [5.74, 6) is 1.80. The first-order valence-electron chi connectivity index (χ1n) is 7.50. The molecule has 2 rings (SSSR count). The summed E-state index contributed by atoms with van der Waals surface area (Å²) in [4.78, 5) is 4.28. The van der Waals surface area contributed by atoms with Crippen LogP contribution in [0.15, 0.2) is 12.5 Å². The summed E-state index contributed by atoms with van der Waals surface area (Å²) < 4.78 is 7.91. The molecule has 0 aromatic carbocycles. The van der Waals surface area contributed by atoms with E-state index in [4.69, 9.17) is 10.5 Å². The molecule has 108 valence electrons. The lowest BCUT2D eigenvalue weighted by Crippen LogP contribution is -2.21. The molecule has 1 saturated carbocycles. The van der Waals surface area contributed by atoms with Crippen molar-refractivity contribution in [1.29, 1.82) is 0 Å². The van der Waals surface area contributed by atoms with Gasteiger partial charge in [0.05, 0.1) is 6.33 Å². The summed E-state index contributed by atoms with van der Waals surface area (Å²) in [6.45, 7) is 7.89. The van der Waals surface area contributed by atoms with E-state index in [1.54, 1.807) is 0 Å². The molecule has 1 aliphatic carbocycles. The molecule has 1 aromatic heterocycles. The Hall–Kier alpha value is -0.870. The van der Waals surface area contributed by atoms with Gasteiger partial charge in [0, 0.05) is 44.1 Å². The maximum atomic E-state index is 5.88. The number of aromatic nitrogens is 2. The Bertz CT molecular complexity index is 371. The van der Waals surface area contributed by atoms with Crippen LogP contribution >= 0.6 is 0 Å². The van der Waals surface area contributed by atoms with Crippen LogP contribution < -0.4 is 5.73 Å². The first-order valence-corrected chi connectivity index (χ1v) is 7.50.